The average Bonchev–Trinajstić information content (AvgIpc) is 2.86. The van der Waals surface area contributed by atoms with Crippen LogP contribution in [0.2, 0.25) is 0 Å². The molecule has 2 aromatic carbocycles. The zero-order chi connectivity index (χ0) is 25.1. The highest BCUT2D eigenvalue weighted by atomic mass is 16.7. The fourth-order valence-corrected chi connectivity index (χ4v) is 4.27. The predicted molar refractivity (Wildman–Crippen MR) is 138 cm³/mol. The first-order valence-electron chi connectivity index (χ1n) is 13.1. The second kappa shape index (κ2) is 17.6. The number of nitro groups is 2. The van der Waals surface area contributed by atoms with Crippen LogP contribution >= 0.6 is 0 Å². The van der Waals surface area contributed by atoms with Crippen LogP contribution in [0.15, 0.2) is 60.7 Å². The van der Waals surface area contributed by atoms with Gasteiger partial charge >= 0.3 is 12.5 Å². The molecule has 0 heterocycles. The van der Waals surface area contributed by atoms with Gasteiger partial charge in [-0.05, 0) is 49.7 Å². The van der Waals surface area contributed by atoms with E-state index in [1.807, 2.05) is 36.4 Å². The van der Waals surface area contributed by atoms with E-state index in [0.29, 0.717) is 12.8 Å². The number of aryl methyl sites for hydroxylation is 2. The fourth-order valence-electron chi connectivity index (χ4n) is 4.27. The lowest BCUT2D eigenvalue weighted by atomic mass is 10.0. The summed E-state index contributed by atoms with van der Waals surface area (Å²) in [5.41, 5.74) is 2.65. The maximum absolute atomic E-state index is 11.4. The van der Waals surface area contributed by atoms with Gasteiger partial charge in [0.1, 0.15) is 0 Å². The van der Waals surface area contributed by atoms with E-state index in [1.165, 1.54) is 11.1 Å². The lowest BCUT2D eigenvalue weighted by Gasteiger charge is -2.14. The molecule has 35 heavy (non-hydrogen) atoms. The van der Waals surface area contributed by atoms with Gasteiger partial charge in [-0.2, -0.15) is 0 Å². The van der Waals surface area contributed by atoms with Crippen LogP contribution in [0.25, 0.3) is 0 Å². The van der Waals surface area contributed by atoms with Crippen molar-refractivity contribution >= 4 is 0 Å². The van der Waals surface area contributed by atoms with E-state index < -0.39 is 22.3 Å². The van der Waals surface area contributed by atoms with Crippen LogP contribution in [-0.4, -0.2) is 22.3 Å². The summed E-state index contributed by atoms with van der Waals surface area (Å²) in [5, 5.41) is 22.8. The molecule has 2 atom stereocenters. The molecule has 192 valence electrons. The van der Waals surface area contributed by atoms with Crippen LogP contribution in [0, 0.1) is 20.2 Å². The molecule has 0 saturated carbocycles. The summed E-state index contributed by atoms with van der Waals surface area (Å²) in [6.07, 6.45) is 9.26. The van der Waals surface area contributed by atoms with E-state index in [-0.39, 0.29) is 12.8 Å². The number of rotatable bonds is 20. The van der Waals surface area contributed by atoms with Gasteiger partial charge in [0, 0.05) is 12.8 Å². The zero-order valence-electron chi connectivity index (χ0n) is 20.8. The minimum atomic E-state index is -1.31. The Balaban J connectivity index is 1.56. The van der Waals surface area contributed by atoms with Crippen molar-refractivity contribution in [1.82, 2.24) is 0 Å². The average molecular weight is 485 g/mol. The molecule has 2 aromatic rings. The van der Waals surface area contributed by atoms with Gasteiger partial charge in [0.05, 0.1) is 9.85 Å². The molecule has 0 radical (unpaired) electrons. The van der Waals surface area contributed by atoms with Crippen molar-refractivity contribution in [2.45, 2.75) is 102 Å². The third-order valence-corrected chi connectivity index (χ3v) is 6.30. The van der Waals surface area contributed by atoms with E-state index in [9.17, 15) is 20.2 Å². The molecule has 0 bridgehead atoms. The minimum Gasteiger partial charge on any atom is -0.262 e. The highest BCUT2D eigenvalue weighted by Crippen LogP contribution is 2.17. The van der Waals surface area contributed by atoms with Crippen LogP contribution in [0.1, 0.15) is 88.2 Å². The number of nitrogens with zero attached hydrogens (tertiary/aromatic N) is 2. The van der Waals surface area contributed by atoms with Crippen LogP contribution in [0.3, 0.4) is 0 Å². The van der Waals surface area contributed by atoms with Crippen molar-refractivity contribution in [1.29, 1.82) is 0 Å². The predicted octanol–water partition coefficient (Wildman–Crippen LogP) is 7.38. The maximum atomic E-state index is 11.4. The summed E-state index contributed by atoms with van der Waals surface area (Å²) in [4.78, 5) is 21.8. The third-order valence-electron chi connectivity index (χ3n) is 6.30. The number of hydrogen-bond acceptors (Lipinski definition) is 5. The second-order valence-corrected chi connectivity index (χ2v) is 9.20. The Kier molecular flexibility index (Phi) is 14.3. The highest BCUT2D eigenvalue weighted by Gasteiger charge is 2.31. The molecule has 0 saturated heterocycles. The van der Waals surface area contributed by atoms with Gasteiger partial charge in [-0.1, -0.05) is 99.2 Å². The van der Waals surface area contributed by atoms with Gasteiger partial charge < -0.3 is 0 Å². The Labute approximate surface area is 209 Å². The number of ether oxygens (including phenoxy) is 1. The van der Waals surface area contributed by atoms with E-state index in [2.05, 4.69) is 24.3 Å². The molecule has 0 aliphatic rings. The molecule has 0 spiro atoms. The largest absolute Gasteiger partial charge is 0.320 e. The van der Waals surface area contributed by atoms with Crippen LogP contribution in [0.5, 0.6) is 0 Å². The Morgan fingerprint density at radius 3 is 1.26 bits per heavy atom. The Bertz CT molecular complexity index is 762. The lowest BCUT2D eigenvalue weighted by molar-refractivity contribution is -0.647. The Hall–Kier alpha value is -2.80. The lowest BCUT2D eigenvalue weighted by Crippen LogP contribution is -2.33. The molecule has 2 unspecified atom stereocenters. The van der Waals surface area contributed by atoms with Crippen molar-refractivity contribution in [2.24, 2.45) is 0 Å². The van der Waals surface area contributed by atoms with E-state index in [1.54, 1.807) is 0 Å². The topological polar surface area (TPSA) is 95.5 Å². The van der Waals surface area contributed by atoms with Gasteiger partial charge in [-0.25, -0.2) is 4.74 Å². The highest BCUT2D eigenvalue weighted by molar-refractivity contribution is 5.15. The van der Waals surface area contributed by atoms with Gasteiger partial charge in [0.15, 0.2) is 0 Å². The van der Waals surface area contributed by atoms with Crippen molar-refractivity contribution in [3.05, 3.63) is 92.0 Å². The van der Waals surface area contributed by atoms with Gasteiger partial charge in [0.2, 0.25) is 0 Å². The first-order chi connectivity index (χ1) is 17.1. The minimum absolute atomic E-state index is 0.218. The molecule has 0 aromatic heterocycles. The summed E-state index contributed by atoms with van der Waals surface area (Å²) in [6, 6.07) is 20.7. The molecular weight excluding hydrogens is 444 g/mol. The van der Waals surface area contributed by atoms with Crippen molar-refractivity contribution < 1.29 is 14.6 Å². The molecule has 0 aliphatic heterocycles. The SMILES string of the molecule is O=[N+]([O-])C(CCCCCCCc1ccccc1)OC(CCCCCCCc1ccccc1)[N+](=O)[O-]. The molecule has 0 amide bonds. The van der Waals surface area contributed by atoms with Crippen molar-refractivity contribution in [3.8, 4) is 0 Å². The molecule has 7 heteroatoms. The first-order valence-corrected chi connectivity index (χ1v) is 13.1. The Morgan fingerprint density at radius 1 is 0.543 bits per heavy atom. The summed E-state index contributed by atoms with van der Waals surface area (Å²) in [5.74, 6) is 0. The smallest absolute Gasteiger partial charge is 0.262 e. The maximum Gasteiger partial charge on any atom is 0.320 e. The monoisotopic (exact) mass is 484 g/mol. The van der Waals surface area contributed by atoms with Gasteiger partial charge in [-0.15, -0.1) is 0 Å². The van der Waals surface area contributed by atoms with E-state index in [4.69, 9.17) is 4.74 Å². The molecule has 0 N–H and O–H groups in total. The van der Waals surface area contributed by atoms with Crippen LogP contribution in [0.4, 0.5) is 0 Å². The summed E-state index contributed by atoms with van der Waals surface area (Å²) in [7, 11) is 0. The number of benzene rings is 2. The quantitative estimate of drug-likeness (QED) is 0.0845. The normalized spacial score (nSPS) is 12.8. The molecule has 7 nitrogen and oxygen atoms in total. The fraction of sp³-hybridized carbons (Fsp3) is 0.571. The number of hydrogen-bond donors (Lipinski definition) is 0. The number of unbranched alkanes of at least 4 members (excludes halogenated alkanes) is 8. The molecule has 2 rings (SSSR count). The van der Waals surface area contributed by atoms with Crippen molar-refractivity contribution in [2.75, 3.05) is 0 Å². The third kappa shape index (κ3) is 13.0. The van der Waals surface area contributed by atoms with Crippen molar-refractivity contribution in [3.63, 3.8) is 0 Å². The summed E-state index contributed by atoms with van der Waals surface area (Å²) < 4.78 is 5.35. The second-order valence-electron chi connectivity index (χ2n) is 9.20. The van der Waals surface area contributed by atoms with Crippen LogP contribution < -0.4 is 0 Å². The standard InChI is InChI=1S/C28H40N2O5/c31-29(32)27(23-15-5-1-3-9-17-25-19-11-7-12-20-25)35-28(30(33)34)24-16-6-2-4-10-18-26-21-13-8-14-22-26/h7-8,11-14,19-22,27-28H,1-6,9-10,15-18,23-24H2. The molecular formula is C28H40N2O5. The zero-order valence-corrected chi connectivity index (χ0v) is 20.8. The first kappa shape index (κ1) is 28.4. The van der Waals surface area contributed by atoms with E-state index >= 15 is 0 Å². The molecule has 0 fully saturated rings. The molecule has 0 aliphatic carbocycles. The Morgan fingerprint density at radius 2 is 0.886 bits per heavy atom. The van der Waals surface area contributed by atoms with Gasteiger partial charge in [-0.3, -0.25) is 20.2 Å². The summed E-state index contributed by atoms with van der Waals surface area (Å²) >= 11 is 0. The summed E-state index contributed by atoms with van der Waals surface area (Å²) in [6.45, 7) is 0. The van der Waals surface area contributed by atoms with Gasteiger partial charge in [0.25, 0.3) is 0 Å². The van der Waals surface area contributed by atoms with E-state index in [0.717, 1.165) is 64.2 Å². The van der Waals surface area contributed by atoms with Crippen LogP contribution in [-0.2, 0) is 17.6 Å².